The highest BCUT2D eigenvalue weighted by molar-refractivity contribution is 8.14. The van der Waals surface area contributed by atoms with Crippen molar-refractivity contribution in [3.05, 3.63) is 23.8 Å². The van der Waals surface area contributed by atoms with Gasteiger partial charge >= 0.3 is 5.97 Å². The van der Waals surface area contributed by atoms with E-state index in [-0.39, 0.29) is 32.9 Å². The molecular formula is C24H30O4S. The van der Waals surface area contributed by atoms with Gasteiger partial charge in [-0.2, -0.15) is 0 Å². The van der Waals surface area contributed by atoms with Crippen LogP contribution in [-0.2, 0) is 19.1 Å². The minimum absolute atomic E-state index is 0.0612. The van der Waals surface area contributed by atoms with Crippen LogP contribution in [0, 0.1) is 28.6 Å². The maximum Gasteiger partial charge on any atom is 0.331 e. The van der Waals surface area contributed by atoms with Gasteiger partial charge in [-0.25, -0.2) is 4.79 Å². The smallest absolute Gasteiger partial charge is 0.331 e. The molecule has 1 spiro atoms. The summed E-state index contributed by atoms with van der Waals surface area (Å²) in [6, 6.07) is 0. The number of thioether (sulfide) groups is 1. The fraction of sp³-hybridized carbons (Fsp3) is 0.708. The summed E-state index contributed by atoms with van der Waals surface area (Å²) < 4.78 is 5.94. The third kappa shape index (κ3) is 2.62. The molecule has 7 atom stereocenters. The number of fused-ring (bicyclic) bond motifs is 6. The molecule has 0 saturated heterocycles. The standard InChI is InChI=1S/C24H30O4S/c1-14(25)29-19-13-15-12-16(26)4-8-22(15,2)17-5-9-23(3)18(21(17)19)6-10-24(23)11-7-20(27)28-24/h7,11-12,17-19,21H,4-6,8-10,13H2,1-3H3/t17?,18?,19-,21?,22+,23+,24-/m1/s1. The number of esters is 1. The zero-order valence-corrected chi connectivity index (χ0v) is 18.3. The van der Waals surface area contributed by atoms with E-state index in [4.69, 9.17) is 4.74 Å². The number of ether oxygens (including phenoxy) is 1. The van der Waals surface area contributed by atoms with Gasteiger partial charge in [0.05, 0.1) is 0 Å². The van der Waals surface area contributed by atoms with Crippen LogP contribution in [0.4, 0.5) is 0 Å². The zero-order valence-electron chi connectivity index (χ0n) is 17.5. The van der Waals surface area contributed by atoms with Gasteiger partial charge in [-0.15, -0.1) is 0 Å². The molecule has 1 aliphatic heterocycles. The number of allylic oxidation sites excluding steroid dienone is 1. The van der Waals surface area contributed by atoms with Gasteiger partial charge in [0.25, 0.3) is 0 Å². The van der Waals surface area contributed by atoms with Crippen molar-refractivity contribution in [3.8, 4) is 0 Å². The summed E-state index contributed by atoms with van der Waals surface area (Å²) in [6.07, 6.45) is 12.0. The van der Waals surface area contributed by atoms with Gasteiger partial charge < -0.3 is 4.74 Å². The van der Waals surface area contributed by atoms with Crippen molar-refractivity contribution in [2.45, 2.75) is 76.6 Å². The second kappa shape index (κ2) is 6.32. The van der Waals surface area contributed by atoms with Gasteiger partial charge in [0.1, 0.15) is 5.60 Å². The van der Waals surface area contributed by atoms with Gasteiger partial charge in [-0.1, -0.05) is 31.2 Å². The molecule has 4 nitrogen and oxygen atoms in total. The Morgan fingerprint density at radius 2 is 1.90 bits per heavy atom. The molecule has 5 rings (SSSR count). The first kappa shape index (κ1) is 19.6. The van der Waals surface area contributed by atoms with E-state index in [1.54, 1.807) is 13.0 Å². The summed E-state index contributed by atoms with van der Waals surface area (Å²) in [5.74, 6) is 1.37. The van der Waals surface area contributed by atoms with E-state index in [9.17, 15) is 14.4 Å². The molecule has 5 heteroatoms. The molecule has 0 aromatic heterocycles. The van der Waals surface area contributed by atoms with Gasteiger partial charge in [0.15, 0.2) is 10.9 Å². The van der Waals surface area contributed by atoms with E-state index in [1.807, 2.05) is 12.2 Å². The first-order valence-corrected chi connectivity index (χ1v) is 11.9. The normalized spacial score (nSPS) is 48.0. The molecule has 0 radical (unpaired) electrons. The Labute approximate surface area is 176 Å². The van der Waals surface area contributed by atoms with Crippen molar-refractivity contribution < 1.29 is 19.1 Å². The number of carbonyl (C=O) groups excluding carboxylic acids is 3. The minimum Gasteiger partial charge on any atom is -0.451 e. The summed E-state index contributed by atoms with van der Waals surface area (Å²) in [7, 11) is 0. The van der Waals surface area contributed by atoms with Crippen molar-refractivity contribution in [1.29, 1.82) is 0 Å². The Hall–Kier alpha value is -1.36. The molecule has 3 saturated carbocycles. The Balaban J connectivity index is 1.57. The van der Waals surface area contributed by atoms with Gasteiger partial charge in [-0.3, -0.25) is 9.59 Å². The molecule has 0 bridgehead atoms. The van der Waals surface area contributed by atoms with Crippen LogP contribution >= 0.6 is 11.8 Å². The van der Waals surface area contributed by atoms with E-state index < -0.39 is 5.60 Å². The Morgan fingerprint density at radius 3 is 2.59 bits per heavy atom. The van der Waals surface area contributed by atoms with Crippen LogP contribution in [0.25, 0.3) is 0 Å². The fourth-order valence-electron chi connectivity index (χ4n) is 7.76. The van der Waals surface area contributed by atoms with Gasteiger partial charge in [0.2, 0.25) is 0 Å². The molecule has 3 unspecified atom stereocenters. The molecule has 4 aliphatic carbocycles. The molecule has 156 valence electrons. The summed E-state index contributed by atoms with van der Waals surface area (Å²) in [4.78, 5) is 36.3. The average molecular weight is 415 g/mol. The number of rotatable bonds is 1. The van der Waals surface area contributed by atoms with E-state index in [0.29, 0.717) is 24.2 Å². The van der Waals surface area contributed by atoms with Gasteiger partial charge in [-0.05, 0) is 73.8 Å². The summed E-state index contributed by atoms with van der Waals surface area (Å²) >= 11 is 1.48. The zero-order chi connectivity index (χ0) is 20.6. The molecule has 0 amide bonds. The third-order valence-electron chi connectivity index (χ3n) is 9.23. The lowest BCUT2D eigenvalue weighted by Gasteiger charge is -2.60. The molecule has 3 fully saturated rings. The molecule has 0 aromatic carbocycles. The van der Waals surface area contributed by atoms with Crippen molar-refractivity contribution in [2.24, 2.45) is 28.6 Å². The Morgan fingerprint density at radius 1 is 1.14 bits per heavy atom. The largest absolute Gasteiger partial charge is 0.451 e. The molecule has 0 aromatic rings. The lowest BCUT2D eigenvalue weighted by atomic mass is 9.46. The van der Waals surface area contributed by atoms with Crippen LogP contribution < -0.4 is 0 Å². The molecule has 0 N–H and O–H groups in total. The van der Waals surface area contributed by atoms with Crippen molar-refractivity contribution in [1.82, 2.24) is 0 Å². The summed E-state index contributed by atoms with van der Waals surface area (Å²) in [5.41, 5.74) is 0.794. The highest BCUT2D eigenvalue weighted by Gasteiger charge is 2.67. The highest BCUT2D eigenvalue weighted by Crippen LogP contribution is 2.70. The average Bonchev–Trinajstić information content (AvgIpc) is 3.17. The van der Waals surface area contributed by atoms with Crippen LogP contribution in [-0.4, -0.2) is 27.7 Å². The quantitative estimate of drug-likeness (QED) is 0.586. The molecular weight excluding hydrogens is 384 g/mol. The number of hydrogen-bond acceptors (Lipinski definition) is 5. The number of carbonyl (C=O) groups is 3. The van der Waals surface area contributed by atoms with E-state index in [2.05, 4.69) is 13.8 Å². The maximum absolute atomic E-state index is 12.2. The second-order valence-corrected chi connectivity index (χ2v) is 11.8. The highest BCUT2D eigenvalue weighted by atomic mass is 32.2. The van der Waals surface area contributed by atoms with Crippen LogP contribution in [0.5, 0.6) is 0 Å². The van der Waals surface area contributed by atoms with Crippen LogP contribution in [0.1, 0.15) is 65.7 Å². The predicted molar refractivity (Wildman–Crippen MR) is 112 cm³/mol. The Kier molecular flexibility index (Phi) is 4.27. The minimum atomic E-state index is -0.468. The SMILES string of the molecule is CC(=O)S[C@@H]1CC2=CC(=O)CC[C@]2(C)C2CC[C@@]3(C)C(CC[C@@]34C=CC(=O)O4)C21. The lowest BCUT2D eigenvalue weighted by molar-refractivity contribution is -0.162. The van der Waals surface area contributed by atoms with Crippen LogP contribution in [0.2, 0.25) is 0 Å². The number of hydrogen-bond donors (Lipinski definition) is 0. The first-order valence-electron chi connectivity index (χ1n) is 11.0. The van der Waals surface area contributed by atoms with Crippen molar-refractivity contribution in [2.75, 3.05) is 0 Å². The molecule has 5 aliphatic rings. The first-order chi connectivity index (χ1) is 13.7. The number of ketones is 1. The van der Waals surface area contributed by atoms with Crippen molar-refractivity contribution >= 4 is 28.6 Å². The van der Waals surface area contributed by atoms with E-state index in [1.165, 1.54) is 17.3 Å². The van der Waals surface area contributed by atoms with Gasteiger partial charge in [0, 0.05) is 30.1 Å². The van der Waals surface area contributed by atoms with Crippen LogP contribution in [0.3, 0.4) is 0 Å². The Bertz CT molecular complexity index is 859. The fourth-order valence-corrected chi connectivity index (χ4v) is 8.99. The lowest BCUT2D eigenvalue weighted by Crippen LogP contribution is -2.57. The summed E-state index contributed by atoms with van der Waals surface area (Å²) in [6.45, 7) is 6.34. The molecule has 29 heavy (non-hydrogen) atoms. The van der Waals surface area contributed by atoms with E-state index in [0.717, 1.165) is 38.5 Å². The molecule has 1 heterocycles. The van der Waals surface area contributed by atoms with E-state index >= 15 is 0 Å². The monoisotopic (exact) mass is 414 g/mol. The summed E-state index contributed by atoms with van der Waals surface area (Å²) in [5, 5.41) is 0.371. The third-order valence-corrected chi connectivity index (χ3v) is 10.3. The maximum atomic E-state index is 12.2. The second-order valence-electron chi connectivity index (χ2n) is 10.3. The van der Waals surface area contributed by atoms with Crippen molar-refractivity contribution in [3.63, 3.8) is 0 Å². The van der Waals surface area contributed by atoms with Crippen LogP contribution in [0.15, 0.2) is 23.8 Å². The topological polar surface area (TPSA) is 60.4 Å². The predicted octanol–water partition coefficient (Wildman–Crippen LogP) is 4.63.